The van der Waals surface area contributed by atoms with E-state index in [0.717, 1.165) is 12.8 Å². The van der Waals surface area contributed by atoms with Crippen molar-refractivity contribution in [1.82, 2.24) is 0 Å². The molecule has 4 atom stereocenters. The van der Waals surface area contributed by atoms with Gasteiger partial charge < -0.3 is 4.74 Å². The second kappa shape index (κ2) is 10.7. The highest BCUT2D eigenvalue weighted by atomic mass is 16.5. The van der Waals surface area contributed by atoms with Gasteiger partial charge in [0.2, 0.25) is 0 Å². The van der Waals surface area contributed by atoms with Gasteiger partial charge in [0, 0.05) is 0 Å². The summed E-state index contributed by atoms with van der Waals surface area (Å²) in [5.74, 6) is 1.30. The van der Waals surface area contributed by atoms with E-state index >= 15 is 0 Å². The van der Waals surface area contributed by atoms with Crippen molar-refractivity contribution in [3.63, 3.8) is 0 Å². The molecule has 1 heteroatoms. The van der Waals surface area contributed by atoms with E-state index in [9.17, 15) is 0 Å². The van der Waals surface area contributed by atoms with Gasteiger partial charge in [-0.05, 0) is 49.7 Å². The zero-order chi connectivity index (χ0) is 19.8. The van der Waals surface area contributed by atoms with Gasteiger partial charge in [0.25, 0.3) is 0 Å². The summed E-state index contributed by atoms with van der Waals surface area (Å²) in [7, 11) is 0. The van der Waals surface area contributed by atoms with Crippen molar-refractivity contribution >= 4 is 0 Å². The molecule has 0 bridgehead atoms. The summed E-state index contributed by atoms with van der Waals surface area (Å²) in [6, 6.07) is 17.8. The zero-order valence-corrected chi connectivity index (χ0v) is 18.2. The Balaban J connectivity index is 2.29. The maximum atomic E-state index is 6.85. The van der Waals surface area contributed by atoms with Gasteiger partial charge in [-0.3, -0.25) is 0 Å². The molecule has 0 fully saturated rings. The summed E-state index contributed by atoms with van der Waals surface area (Å²) in [6.07, 6.45) is 4.82. The molecular formula is C26H38O. The fraction of sp³-hybridized carbons (Fsp3) is 0.538. The van der Waals surface area contributed by atoms with Gasteiger partial charge in [0.15, 0.2) is 0 Å². The number of hydrogen-bond donors (Lipinski definition) is 0. The molecule has 4 unspecified atom stereocenters. The van der Waals surface area contributed by atoms with Gasteiger partial charge in [-0.2, -0.15) is 0 Å². The van der Waals surface area contributed by atoms with E-state index in [2.05, 4.69) is 90.1 Å². The minimum Gasteiger partial charge on any atom is -0.366 e. The quantitative estimate of drug-likeness (QED) is 0.414. The predicted octanol–water partition coefficient (Wildman–Crippen LogP) is 7.97. The first-order chi connectivity index (χ1) is 12.9. The molecule has 0 aliphatic heterocycles. The van der Waals surface area contributed by atoms with Crippen molar-refractivity contribution in [3.05, 3.63) is 70.8 Å². The van der Waals surface area contributed by atoms with Gasteiger partial charge in [-0.25, -0.2) is 0 Å². The third-order valence-electron chi connectivity index (χ3n) is 5.85. The number of rotatable bonds is 10. The van der Waals surface area contributed by atoms with E-state index in [-0.39, 0.29) is 12.2 Å². The molecule has 148 valence electrons. The average molecular weight is 367 g/mol. The topological polar surface area (TPSA) is 9.23 Å². The lowest BCUT2D eigenvalue weighted by molar-refractivity contribution is -0.0375. The van der Waals surface area contributed by atoms with Crippen molar-refractivity contribution in [2.45, 2.75) is 79.4 Å². The van der Waals surface area contributed by atoms with Crippen molar-refractivity contribution in [1.29, 1.82) is 0 Å². The van der Waals surface area contributed by atoms with Gasteiger partial charge >= 0.3 is 0 Å². The zero-order valence-electron chi connectivity index (χ0n) is 18.2. The molecule has 0 saturated carbocycles. The SMILES string of the molecule is CCC(C)CC(OC(CC(C)CC)c1ccc(C)cc1)c1ccc(C)cc1. The lowest BCUT2D eigenvalue weighted by atomic mass is 9.93. The Labute approximate surface area is 167 Å². The first-order valence-electron chi connectivity index (χ1n) is 10.7. The van der Waals surface area contributed by atoms with Crippen molar-refractivity contribution in [2.24, 2.45) is 11.8 Å². The predicted molar refractivity (Wildman–Crippen MR) is 117 cm³/mol. The van der Waals surface area contributed by atoms with E-state index in [4.69, 9.17) is 4.74 Å². The molecule has 0 radical (unpaired) electrons. The molecule has 27 heavy (non-hydrogen) atoms. The minimum atomic E-state index is 0.149. The molecular weight excluding hydrogens is 328 g/mol. The van der Waals surface area contributed by atoms with E-state index in [1.807, 2.05) is 0 Å². The first-order valence-corrected chi connectivity index (χ1v) is 10.7. The lowest BCUT2D eigenvalue weighted by Gasteiger charge is -2.29. The van der Waals surface area contributed by atoms with Crippen LogP contribution in [0.15, 0.2) is 48.5 Å². The normalized spacial score (nSPS) is 15.9. The Morgan fingerprint density at radius 3 is 1.26 bits per heavy atom. The lowest BCUT2D eigenvalue weighted by Crippen LogP contribution is -2.15. The third-order valence-corrected chi connectivity index (χ3v) is 5.85. The second-order valence-corrected chi connectivity index (χ2v) is 8.43. The molecule has 0 aliphatic rings. The van der Waals surface area contributed by atoms with Crippen molar-refractivity contribution in [2.75, 3.05) is 0 Å². The molecule has 2 rings (SSSR count). The fourth-order valence-corrected chi connectivity index (χ4v) is 3.37. The highest BCUT2D eigenvalue weighted by molar-refractivity contribution is 5.25. The smallest absolute Gasteiger partial charge is 0.0835 e. The van der Waals surface area contributed by atoms with Crippen LogP contribution in [-0.4, -0.2) is 0 Å². The maximum Gasteiger partial charge on any atom is 0.0835 e. The molecule has 0 saturated heterocycles. The Hall–Kier alpha value is -1.60. The molecule has 0 aromatic heterocycles. The molecule has 0 amide bonds. The molecule has 0 N–H and O–H groups in total. The van der Waals surface area contributed by atoms with Gasteiger partial charge in [0.05, 0.1) is 12.2 Å². The van der Waals surface area contributed by atoms with Gasteiger partial charge in [-0.15, -0.1) is 0 Å². The standard InChI is InChI=1S/C26H38O/c1-7-19(3)17-25(23-13-9-21(5)10-14-23)27-26(18-20(4)8-2)24-15-11-22(6)12-16-24/h9-16,19-20,25-26H,7-8,17-18H2,1-6H3. The van der Waals surface area contributed by atoms with Crippen LogP contribution in [0.3, 0.4) is 0 Å². The molecule has 2 aromatic rings. The Morgan fingerprint density at radius 2 is 0.963 bits per heavy atom. The monoisotopic (exact) mass is 366 g/mol. The van der Waals surface area contributed by atoms with Gasteiger partial charge in [-0.1, -0.05) is 100 Å². The second-order valence-electron chi connectivity index (χ2n) is 8.43. The van der Waals surface area contributed by atoms with Crippen LogP contribution in [0.25, 0.3) is 0 Å². The van der Waals surface area contributed by atoms with E-state index < -0.39 is 0 Å². The van der Waals surface area contributed by atoms with Crippen LogP contribution in [0.5, 0.6) is 0 Å². The van der Waals surface area contributed by atoms with Crippen LogP contribution < -0.4 is 0 Å². The molecule has 0 spiro atoms. The average Bonchev–Trinajstić information content (AvgIpc) is 2.67. The molecule has 0 heterocycles. The van der Waals surface area contributed by atoms with Crippen LogP contribution in [0.1, 0.15) is 87.8 Å². The molecule has 0 aliphatic carbocycles. The van der Waals surface area contributed by atoms with Crippen LogP contribution in [0.2, 0.25) is 0 Å². The van der Waals surface area contributed by atoms with Crippen molar-refractivity contribution < 1.29 is 4.74 Å². The summed E-state index contributed by atoms with van der Waals surface area (Å²) in [5.41, 5.74) is 5.22. The number of hydrogen-bond acceptors (Lipinski definition) is 1. The Bertz CT molecular complexity index is 596. The van der Waals surface area contributed by atoms with Crippen molar-refractivity contribution in [3.8, 4) is 0 Å². The number of benzene rings is 2. The van der Waals surface area contributed by atoms with E-state index in [1.54, 1.807) is 0 Å². The Morgan fingerprint density at radius 1 is 0.630 bits per heavy atom. The van der Waals surface area contributed by atoms with E-state index in [1.165, 1.54) is 35.1 Å². The first kappa shape index (κ1) is 21.7. The largest absolute Gasteiger partial charge is 0.366 e. The summed E-state index contributed by atoms with van der Waals surface area (Å²) in [4.78, 5) is 0. The third kappa shape index (κ3) is 6.81. The highest BCUT2D eigenvalue weighted by Gasteiger charge is 2.23. The molecule has 2 aromatic carbocycles. The van der Waals surface area contributed by atoms with Crippen LogP contribution in [0.4, 0.5) is 0 Å². The summed E-state index contributed by atoms with van der Waals surface area (Å²) in [6.45, 7) is 13.5. The summed E-state index contributed by atoms with van der Waals surface area (Å²) < 4.78 is 6.85. The highest BCUT2D eigenvalue weighted by Crippen LogP contribution is 2.36. The van der Waals surface area contributed by atoms with Crippen LogP contribution in [-0.2, 0) is 4.74 Å². The van der Waals surface area contributed by atoms with Crippen LogP contribution >= 0.6 is 0 Å². The van der Waals surface area contributed by atoms with Gasteiger partial charge in [0.1, 0.15) is 0 Å². The number of aryl methyl sites for hydroxylation is 2. The number of ether oxygens (including phenoxy) is 1. The summed E-state index contributed by atoms with van der Waals surface area (Å²) in [5, 5.41) is 0. The van der Waals surface area contributed by atoms with E-state index in [0.29, 0.717) is 11.8 Å². The maximum absolute atomic E-state index is 6.85. The fourth-order valence-electron chi connectivity index (χ4n) is 3.37. The molecule has 1 nitrogen and oxygen atoms in total. The Kier molecular flexibility index (Phi) is 8.57. The summed E-state index contributed by atoms with van der Waals surface area (Å²) >= 11 is 0. The minimum absolute atomic E-state index is 0.149. The van der Waals surface area contributed by atoms with Crippen LogP contribution in [0, 0.1) is 25.7 Å².